The Morgan fingerprint density at radius 1 is 0.844 bits per heavy atom. The zero-order chi connectivity index (χ0) is 23.2. The Morgan fingerprint density at radius 3 is 2.00 bits per heavy atom. The van der Waals surface area contributed by atoms with E-state index in [1.165, 1.54) is 77.0 Å². The first kappa shape index (κ1) is 27.4. The average molecular weight is 482 g/mol. The highest BCUT2D eigenvalue weighted by atomic mass is 35.5. The Bertz CT molecular complexity index is 768. The van der Waals surface area contributed by atoms with Gasteiger partial charge in [0.15, 0.2) is 0 Å². The van der Waals surface area contributed by atoms with E-state index in [4.69, 9.17) is 23.2 Å². The van der Waals surface area contributed by atoms with Crippen molar-refractivity contribution < 1.29 is 5.11 Å². The maximum atomic E-state index is 11.2. The van der Waals surface area contributed by atoms with Gasteiger partial charge >= 0.3 is 0 Å². The third-order valence-corrected chi connectivity index (χ3v) is 6.75. The van der Waals surface area contributed by atoms with Crippen LogP contribution in [0.5, 0.6) is 0 Å². The van der Waals surface area contributed by atoms with E-state index in [2.05, 4.69) is 23.7 Å². The lowest BCUT2D eigenvalue weighted by atomic mass is 10.0. The van der Waals surface area contributed by atoms with Crippen LogP contribution in [0, 0.1) is 0 Å². The van der Waals surface area contributed by atoms with Crippen LogP contribution >= 0.6 is 23.2 Å². The third kappa shape index (κ3) is 9.55. The van der Waals surface area contributed by atoms with Crippen LogP contribution in [0.2, 0.25) is 10.0 Å². The highest BCUT2D eigenvalue weighted by Crippen LogP contribution is 2.31. The lowest BCUT2D eigenvalue weighted by Gasteiger charge is -2.26. The number of benzene rings is 1. The SMILES string of the molecule is CCCCCCCCN(CCCCCCCC)C[C@@H](O)c1ccnc2c(Cl)cc(Cl)cc12. The highest BCUT2D eigenvalue weighted by molar-refractivity contribution is 6.38. The summed E-state index contributed by atoms with van der Waals surface area (Å²) in [6.45, 7) is 7.23. The molecule has 3 nitrogen and oxygen atoms in total. The molecule has 0 spiro atoms. The molecule has 1 aromatic carbocycles. The molecule has 0 saturated carbocycles. The van der Waals surface area contributed by atoms with Gasteiger partial charge in [-0.25, -0.2) is 0 Å². The normalized spacial score (nSPS) is 12.7. The fraction of sp³-hybridized carbons (Fsp3) is 0.667. The number of aliphatic hydroxyl groups excluding tert-OH is 1. The van der Waals surface area contributed by atoms with Crippen LogP contribution in [0.1, 0.15) is 103 Å². The van der Waals surface area contributed by atoms with Gasteiger partial charge in [0, 0.05) is 23.2 Å². The van der Waals surface area contributed by atoms with Gasteiger partial charge in [0.2, 0.25) is 0 Å². The maximum Gasteiger partial charge on any atom is 0.0924 e. The zero-order valence-electron chi connectivity index (χ0n) is 20.1. The molecule has 0 amide bonds. The zero-order valence-corrected chi connectivity index (χ0v) is 21.6. The summed E-state index contributed by atoms with van der Waals surface area (Å²) < 4.78 is 0. The van der Waals surface area contributed by atoms with Crippen LogP contribution in [-0.4, -0.2) is 34.6 Å². The van der Waals surface area contributed by atoms with Crippen LogP contribution < -0.4 is 0 Å². The Kier molecular flexibility index (Phi) is 13.6. The van der Waals surface area contributed by atoms with Gasteiger partial charge in [0.1, 0.15) is 0 Å². The summed E-state index contributed by atoms with van der Waals surface area (Å²) in [6.07, 6.45) is 16.6. The van der Waals surface area contributed by atoms with Crippen molar-refractivity contribution in [1.82, 2.24) is 9.88 Å². The fourth-order valence-corrected chi connectivity index (χ4v) is 4.90. The average Bonchev–Trinajstić information content (AvgIpc) is 2.77. The first-order valence-corrected chi connectivity index (χ1v) is 13.5. The van der Waals surface area contributed by atoms with E-state index in [1.807, 2.05) is 12.1 Å². The summed E-state index contributed by atoms with van der Waals surface area (Å²) in [5, 5.41) is 13.1. The van der Waals surface area contributed by atoms with Gasteiger partial charge in [0.25, 0.3) is 0 Å². The number of rotatable bonds is 17. The molecule has 1 atom stereocenters. The van der Waals surface area contributed by atoms with Crippen molar-refractivity contribution in [2.75, 3.05) is 19.6 Å². The maximum absolute atomic E-state index is 11.2. The van der Waals surface area contributed by atoms with Gasteiger partial charge in [-0.15, -0.1) is 0 Å². The monoisotopic (exact) mass is 480 g/mol. The Morgan fingerprint density at radius 2 is 1.41 bits per heavy atom. The van der Waals surface area contributed by atoms with Gasteiger partial charge in [-0.05, 0) is 49.7 Å². The first-order valence-electron chi connectivity index (χ1n) is 12.7. The summed E-state index contributed by atoms with van der Waals surface area (Å²) in [4.78, 5) is 6.85. The van der Waals surface area contributed by atoms with Gasteiger partial charge in [0.05, 0.1) is 16.6 Å². The second-order valence-electron chi connectivity index (χ2n) is 9.04. The smallest absolute Gasteiger partial charge is 0.0924 e. The first-order chi connectivity index (χ1) is 15.6. The second kappa shape index (κ2) is 15.9. The van der Waals surface area contributed by atoms with E-state index in [-0.39, 0.29) is 0 Å². The van der Waals surface area contributed by atoms with Crippen molar-refractivity contribution in [3.63, 3.8) is 0 Å². The molecule has 1 aromatic heterocycles. The van der Waals surface area contributed by atoms with Crippen molar-refractivity contribution in [3.8, 4) is 0 Å². The minimum absolute atomic E-state index is 0.526. The molecule has 1 heterocycles. The van der Waals surface area contributed by atoms with Crippen molar-refractivity contribution in [2.45, 2.75) is 97.0 Å². The molecule has 0 aliphatic rings. The summed E-state index contributed by atoms with van der Waals surface area (Å²) in [7, 11) is 0. The second-order valence-corrected chi connectivity index (χ2v) is 9.88. The minimum atomic E-state index is -0.588. The molecule has 2 aromatic rings. The minimum Gasteiger partial charge on any atom is -0.387 e. The predicted molar refractivity (Wildman–Crippen MR) is 140 cm³/mol. The van der Waals surface area contributed by atoms with Crippen molar-refractivity contribution in [3.05, 3.63) is 40.0 Å². The number of pyridine rings is 1. The molecular formula is C27H42Cl2N2O. The Labute approximate surface area is 205 Å². The molecule has 5 heteroatoms. The topological polar surface area (TPSA) is 36.4 Å². The molecule has 0 aliphatic heterocycles. The van der Waals surface area contributed by atoms with E-state index >= 15 is 0 Å². The quantitative estimate of drug-likeness (QED) is 0.230. The molecule has 0 radical (unpaired) electrons. The number of fused-ring (bicyclic) bond motifs is 1. The largest absolute Gasteiger partial charge is 0.387 e. The van der Waals surface area contributed by atoms with Crippen LogP contribution in [0.3, 0.4) is 0 Å². The summed E-state index contributed by atoms with van der Waals surface area (Å²) >= 11 is 12.6. The Balaban J connectivity index is 1.99. The lowest BCUT2D eigenvalue weighted by molar-refractivity contribution is 0.111. The molecular weight excluding hydrogens is 439 g/mol. The van der Waals surface area contributed by atoms with Crippen molar-refractivity contribution in [1.29, 1.82) is 0 Å². The molecule has 180 valence electrons. The van der Waals surface area contributed by atoms with E-state index < -0.39 is 6.10 Å². The summed E-state index contributed by atoms with van der Waals surface area (Å²) in [5.41, 5.74) is 1.56. The number of unbranched alkanes of at least 4 members (excludes halogenated alkanes) is 10. The van der Waals surface area contributed by atoms with Gasteiger partial charge in [-0.1, -0.05) is 101 Å². The van der Waals surface area contributed by atoms with Crippen LogP contribution in [0.25, 0.3) is 10.9 Å². The van der Waals surface area contributed by atoms with Gasteiger partial charge in [-0.3, -0.25) is 4.98 Å². The number of hydrogen-bond acceptors (Lipinski definition) is 3. The van der Waals surface area contributed by atoms with E-state index in [1.54, 1.807) is 12.3 Å². The molecule has 32 heavy (non-hydrogen) atoms. The number of hydrogen-bond donors (Lipinski definition) is 1. The fourth-order valence-electron chi connectivity index (χ4n) is 4.36. The van der Waals surface area contributed by atoms with Crippen LogP contribution in [-0.2, 0) is 0 Å². The number of halogens is 2. The standard InChI is InChI=1S/C27H42Cl2N2O/c1-3-5-7-9-11-13-17-31(18-14-12-10-8-6-4-2)21-26(32)23-15-16-30-27-24(23)19-22(28)20-25(27)29/h15-16,19-20,26,32H,3-14,17-18,21H2,1-2H3/t26-/m1/s1. The van der Waals surface area contributed by atoms with E-state index in [0.29, 0.717) is 22.1 Å². The number of nitrogens with zero attached hydrogens (tertiary/aromatic N) is 2. The Hall–Kier alpha value is -0.870. The summed E-state index contributed by atoms with van der Waals surface area (Å²) in [6, 6.07) is 5.46. The molecule has 0 bridgehead atoms. The lowest BCUT2D eigenvalue weighted by Crippen LogP contribution is -2.31. The molecule has 0 fully saturated rings. The molecule has 0 unspecified atom stereocenters. The van der Waals surface area contributed by atoms with Crippen molar-refractivity contribution in [2.24, 2.45) is 0 Å². The highest BCUT2D eigenvalue weighted by Gasteiger charge is 2.17. The molecule has 0 saturated heterocycles. The molecule has 2 rings (SSSR count). The third-order valence-electron chi connectivity index (χ3n) is 6.24. The van der Waals surface area contributed by atoms with Gasteiger partial charge < -0.3 is 10.0 Å². The van der Waals surface area contributed by atoms with Crippen LogP contribution in [0.15, 0.2) is 24.4 Å². The van der Waals surface area contributed by atoms with Crippen molar-refractivity contribution >= 4 is 34.1 Å². The molecule has 1 N–H and O–H groups in total. The number of aliphatic hydroxyl groups is 1. The van der Waals surface area contributed by atoms with Gasteiger partial charge in [-0.2, -0.15) is 0 Å². The molecule has 0 aliphatic carbocycles. The number of aromatic nitrogens is 1. The van der Waals surface area contributed by atoms with E-state index in [9.17, 15) is 5.11 Å². The predicted octanol–water partition coefficient (Wildman–Crippen LogP) is 8.60. The van der Waals surface area contributed by atoms with E-state index in [0.717, 1.165) is 24.0 Å². The van der Waals surface area contributed by atoms with Crippen LogP contribution in [0.4, 0.5) is 0 Å². The summed E-state index contributed by atoms with van der Waals surface area (Å²) in [5.74, 6) is 0.